The molecule has 6 nitrogen and oxygen atoms in total. The first-order valence-electron chi connectivity index (χ1n) is 9.43. The summed E-state index contributed by atoms with van der Waals surface area (Å²) >= 11 is 3.27. The second-order valence-electron chi connectivity index (χ2n) is 6.60. The first-order valence-corrected chi connectivity index (χ1v) is 11.2. The van der Waals surface area contributed by atoms with Crippen molar-refractivity contribution in [1.82, 2.24) is 9.97 Å². The van der Waals surface area contributed by atoms with Gasteiger partial charge in [-0.15, -0.1) is 11.8 Å². The molecule has 29 heavy (non-hydrogen) atoms. The molecular formula is C21H22N4O2S2. The Bertz CT molecular complexity index is 1010. The van der Waals surface area contributed by atoms with Gasteiger partial charge in [0.25, 0.3) is 0 Å². The molecule has 0 bridgehead atoms. The molecular weight excluding hydrogens is 404 g/mol. The van der Waals surface area contributed by atoms with Gasteiger partial charge in [-0.1, -0.05) is 29.5 Å². The number of hydrogen-bond acceptors (Lipinski definition) is 7. The van der Waals surface area contributed by atoms with Crippen LogP contribution in [0.1, 0.15) is 35.3 Å². The van der Waals surface area contributed by atoms with Crippen LogP contribution >= 0.6 is 23.1 Å². The van der Waals surface area contributed by atoms with Crippen molar-refractivity contribution in [2.75, 3.05) is 24.3 Å². The first-order chi connectivity index (χ1) is 14.2. The number of rotatable bonds is 7. The van der Waals surface area contributed by atoms with Gasteiger partial charge in [0.2, 0.25) is 5.91 Å². The van der Waals surface area contributed by atoms with Crippen molar-refractivity contribution >= 4 is 40.0 Å². The molecule has 2 N–H and O–H groups in total. The minimum Gasteiger partial charge on any atom is -0.496 e. The highest BCUT2D eigenvalue weighted by molar-refractivity contribution is 7.98. The van der Waals surface area contributed by atoms with Gasteiger partial charge >= 0.3 is 0 Å². The van der Waals surface area contributed by atoms with E-state index in [0.717, 1.165) is 44.2 Å². The van der Waals surface area contributed by atoms with Crippen LogP contribution in [0, 0.1) is 0 Å². The number of methoxy groups -OCH3 is 1. The van der Waals surface area contributed by atoms with Gasteiger partial charge < -0.3 is 15.4 Å². The molecule has 1 aliphatic heterocycles. The lowest BCUT2D eigenvalue weighted by molar-refractivity contribution is -0.116. The fourth-order valence-electron chi connectivity index (χ4n) is 3.33. The van der Waals surface area contributed by atoms with E-state index in [0.29, 0.717) is 12.2 Å². The fourth-order valence-corrected chi connectivity index (χ4v) is 5.28. The summed E-state index contributed by atoms with van der Waals surface area (Å²) in [5.41, 5.74) is 2.19. The number of nitrogens with zero attached hydrogens (tertiary/aromatic N) is 2. The van der Waals surface area contributed by atoms with Crippen molar-refractivity contribution in [2.45, 2.75) is 30.0 Å². The third kappa shape index (κ3) is 4.38. The Morgan fingerprint density at radius 2 is 2.24 bits per heavy atom. The monoisotopic (exact) mass is 426 g/mol. The fraction of sp³-hybridized carbons (Fsp3) is 0.286. The second kappa shape index (κ2) is 8.84. The standard InChI is InChI=1S/C21H22N4O2S2/c1-3-22-21-25-20-19(29-21)15(11-17(26)24-20)13-7-8-16(27-2)14(10-13)12-28-18-6-4-5-9-23-18/h4-10,15H,3,11-12H2,1-2H3,(H,22,25)(H,24,26). The molecule has 3 aromatic rings. The number of amides is 1. The Hall–Kier alpha value is -2.58. The Kier molecular flexibility index (Phi) is 6.01. The zero-order chi connectivity index (χ0) is 20.2. The summed E-state index contributed by atoms with van der Waals surface area (Å²) in [5, 5.41) is 7.96. The lowest BCUT2D eigenvalue weighted by atomic mass is 9.90. The Balaban J connectivity index is 1.64. The maximum absolute atomic E-state index is 12.3. The molecule has 150 valence electrons. The summed E-state index contributed by atoms with van der Waals surface area (Å²) < 4.78 is 5.57. The van der Waals surface area contributed by atoms with E-state index in [1.54, 1.807) is 36.4 Å². The average molecular weight is 427 g/mol. The summed E-state index contributed by atoms with van der Waals surface area (Å²) in [6.07, 6.45) is 2.21. The minimum atomic E-state index is -0.00633. The zero-order valence-electron chi connectivity index (χ0n) is 16.3. The number of ether oxygens (including phenoxy) is 1. The molecule has 0 aliphatic carbocycles. The maximum atomic E-state index is 12.3. The van der Waals surface area contributed by atoms with Crippen molar-refractivity contribution < 1.29 is 9.53 Å². The van der Waals surface area contributed by atoms with Gasteiger partial charge in [-0.05, 0) is 30.7 Å². The van der Waals surface area contributed by atoms with Gasteiger partial charge in [0, 0.05) is 36.4 Å². The van der Waals surface area contributed by atoms with Crippen molar-refractivity contribution in [2.24, 2.45) is 0 Å². The largest absolute Gasteiger partial charge is 0.496 e. The molecule has 1 amide bonds. The number of aromatic nitrogens is 2. The number of hydrogen-bond donors (Lipinski definition) is 2. The highest BCUT2D eigenvalue weighted by atomic mass is 32.2. The van der Waals surface area contributed by atoms with E-state index in [4.69, 9.17) is 4.74 Å². The summed E-state index contributed by atoms with van der Waals surface area (Å²) in [4.78, 5) is 22.3. The first kappa shape index (κ1) is 19.7. The molecule has 1 aromatic carbocycles. The highest BCUT2D eigenvalue weighted by Gasteiger charge is 2.30. The van der Waals surface area contributed by atoms with Crippen molar-refractivity contribution in [1.29, 1.82) is 0 Å². The van der Waals surface area contributed by atoms with Crippen molar-refractivity contribution in [3.8, 4) is 5.75 Å². The Morgan fingerprint density at radius 3 is 3.00 bits per heavy atom. The summed E-state index contributed by atoms with van der Waals surface area (Å²) in [7, 11) is 1.68. The van der Waals surface area contributed by atoms with Crippen LogP contribution in [0.5, 0.6) is 5.75 Å². The smallest absolute Gasteiger partial charge is 0.226 e. The van der Waals surface area contributed by atoms with Crippen LogP contribution in [0.4, 0.5) is 10.9 Å². The van der Waals surface area contributed by atoms with Gasteiger partial charge in [-0.2, -0.15) is 0 Å². The van der Waals surface area contributed by atoms with Gasteiger partial charge in [0.1, 0.15) is 11.6 Å². The molecule has 4 rings (SSSR count). The van der Waals surface area contributed by atoms with Crippen LogP contribution < -0.4 is 15.4 Å². The van der Waals surface area contributed by atoms with Gasteiger partial charge in [0.15, 0.2) is 5.13 Å². The van der Waals surface area contributed by atoms with E-state index >= 15 is 0 Å². The maximum Gasteiger partial charge on any atom is 0.226 e. The predicted octanol–water partition coefficient (Wildman–Crippen LogP) is 4.74. The summed E-state index contributed by atoms with van der Waals surface area (Å²) in [5.74, 6) is 2.25. The molecule has 0 radical (unpaired) electrons. The number of fused-ring (bicyclic) bond motifs is 1. The normalized spacial score (nSPS) is 15.5. The molecule has 0 saturated carbocycles. The second-order valence-corrected chi connectivity index (χ2v) is 8.62. The third-order valence-electron chi connectivity index (χ3n) is 4.67. The van der Waals surface area contributed by atoms with E-state index < -0.39 is 0 Å². The molecule has 2 aromatic heterocycles. The average Bonchev–Trinajstić information content (AvgIpc) is 3.14. The van der Waals surface area contributed by atoms with Crippen molar-refractivity contribution in [3.63, 3.8) is 0 Å². The molecule has 0 saturated heterocycles. The molecule has 1 atom stereocenters. The molecule has 3 heterocycles. The SMILES string of the molecule is CCNc1nc2c(s1)C(c1ccc(OC)c(CSc3ccccn3)c1)CC(=O)N2. The summed E-state index contributed by atoms with van der Waals surface area (Å²) in [6.45, 7) is 2.83. The van der Waals surface area contributed by atoms with E-state index in [2.05, 4.69) is 26.7 Å². The highest BCUT2D eigenvalue weighted by Crippen LogP contribution is 2.43. The molecule has 0 fully saturated rings. The summed E-state index contributed by atoms with van der Waals surface area (Å²) in [6, 6.07) is 12.1. The van der Waals surface area contributed by atoms with Crippen LogP contribution in [0.2, 0.25) is 0 Å². The number of pyridine rings is 1. The molecule has 1 aliphatic rings. The van der Waals surface area contributed by atoms with Gasteiger partial charge in [0.05, 0.1) is 17.0 Å². The van der Waals surface area contributed by atoms with Gasteiger partial charge in [-0.3, -0.25) is 4.79 Å². The Labute approximate surface area is 178 Å². The number of anilines is 2. The number of thioether (sulfide) groups is 1. The van der Waals surface area contributed by atoms with Crippen molar-refractivity contribution in [3.05, 3.63) is 58.6 Å². The Morgan fingerprint density at radius 1 is 1.34 bits per heavy atom. The van der Waals surface area contributed by atoms with Gasteiger partial charge in [-0.25, -0.2) is 9.97 Å². The lowest BCUT2D eigenvalue weighted by Crippen LogP contribution is -2.22. The topological polar surface area (TPSA) is 76.1 Å². The predicted molar refractivity (Wildman–Crippen MR) is 118 cm³/mol. The van der Waals surface area contributed by atoms with Crippen LogP contribution in [-0.2, 0) is 10.5 Å². The lowest BCUT2D eigenvalue weighted by Gasteiger charge is -2.22. The van der Waals surface area contributed by atoms with Crippen LogP contribution in [0.3, 0.4) is 0 Å². The number of carbonyl (C=O) groups excluding carboxylic acids is 1. The minimum absolute atomic E-state index is 0.00363. The number of thiazole rings is 1. The molecule has 8 heteroatoms. The van der Waals surface area contributed by atoms with E-state index in [1.807, 2.05) is 37.3 Å². The zero-order valence-corrected chi connectivity index (χ0v) is 17.9. The van der Waals surface area contributed by atoms with E-state index in [-0.39, 0.29) is 11.8 Å². The quantitative estimate of drug-likeness (QED) is 0.531. The third-order valence-corrected chi connectivity index (χ3v) is 6.78. The number of nitrogens with one attached hydrogen (secondary N) is 2. The molecule has 1 unspecified atom stereocenters. The van der Waals surface area contributed by atoms with E-state index in [9.17, 15) is 4.79 Å². The molecule has 0 spiro atoms. The van der Waals surface area contributed by atoms with E-state index in [1.165, 1.54) is 0 Å². The van der Waals surface area contributed by atoms with Crippen LogP contribution in [0.15, 0.2) is 47.6 Å². The number of carbonyl (C=O) groups is 1. The van der Waals surface area contributed by atoms with Crippen LogP contribution in [0.25, 0.3) is 0 Å². The van der Waals surface area contributed by atoms with Crippen LogP contribution in [-0.4, -0.2) is 29.5 Å². The number of benzene rings is 1.